The summed E-state index contributed by atoms with van der Waals surface area (Å²) >= 11 is 0. The van der Waals surface area contributed by atoms with Gasteiger partial charge in [-0.05, 0) is 17.7 Å². The van der Waals surface area contributed by atoms with Crippen LogP contribution in [-0.2, 0) is 14.3 Å². The number of carboxylic acid groups (broad SMARTS) is 1. The molecule has 21 heavy (non-hydrogen) atoms. The van der Waals surface area contributed by atoms with Crippen molar-refractivity contribution in [2.24, 2.45) is 5.92 Å². The van der Waals surface area contributed by atoms with Gasteiger partial charge in [0.25, 0.3) is 0 Å². The molecule has 0 aromatic heterocycles. The van der Waals surface area contributed by atoms with Crippen LogP contribution in [0.15, 0.2) is 24.3 Å². The first kappa shape index (κ1) is 15.3. The summed E-state index contributed by atoms with van der Waals surface area (Å²) < 4.78 is 10.1. The lowest BCUT2D eigenvalue weighted by molar-refractivity contribution is -0.142. The van der Waals surface area contributed by atoms with Crippen LogP contribution in [0.2, 0.25) is 0 Å². The zero-order chi connectivity index (χ0) is 15.4. The lowest BCUT2D eigenvalue weighted by Gasteiger charge is -2.27. The van der Waals surface area contributed by atoms with Gasteiger partial charge in [0.2, 0.25) is 5.91 Å². The van der Waals surface area contributed by atoms with Crippen LogP contribution in [0.25, 0.3) is 0 Å². The number of nitrogens with zero attached hydrogens (tertiary/aromatic N) is 1. The van der Waals surface area contributed by atoms with E-state index >= 15 is 0 Å². The summed E-state index contributed by atoms with van der Waals surface area (Å²) in [6.45, 7) is 0.764. The highest BCUT2D eigenvalue weighted by molar-refractivity contribution is 5.87. The first-order valence-corrected chi connectivity index (χ1v) is 6.73. The van der Waals surface area contributed by atoms with E-state index < -0.39 is 17.9 Å². The summed E-state index contributed by atoms with van der Waals surface area (Å²) in [6.07, 6.45) is 0.0236. The minimum absolute atomic E-state index is 0.0236. The van der Waals surface area contributed by atoms with E-state index in [4.69, 9.17) is 9.47 Å². The van der Waals surface area contributed by atoms with Crippen LogP contribution in [0.1, 0.15) is 18.0 Å². The summed E-state index contributed by atoms with van der Waals surface area (Å²) in [5.74, 6) is -1.15. The van der Waals surface area contributed by atoms with Crippen molar-refractivity contribution in [1.29, 1.82) is 0 Å². The Balaban J connectivity index is 2.31. The maximum Gasteiger partial charge on any atom is 0.309 e. The van der Waals surface area contributed by atoms with Crippen molar-refractivity contribution in [3.05, 3.63) is 29.8 Å². The third kappa shape index (κ3) is 3.16. The van der Waals surface area contributed by atoms with E-state index in [-0.39, 0.29) is 12.3 Å². The van der Waals surface area contributed by atoms with Crippen molar-refractivity contribution in [2.75, 3.05) is 27.4 Å². The van der Waals surface area contributed by atoms with Crippen molar-refractivity contribution in [1.82, 2.24) is 4.90 Å². The fourth-order valence-electron chi connectivity index (χ4n) is 2.68. The molecule has 1 aliphatic heterocycles. The second-order valence-corrected chi connectivity index (χ2v) is 4.95. The lowest BCUT2D eigenvalue weighted by Crippen LogP contribution is -2.33. The Kier molecular flexibility index (Phi) is 4.80. The maximum atomic E-state index is 12.1. The number of rotatable bonds is 6. The van der Waals surface area contributed by atoms with E-state index in [1.807, 2.05) is 0 Å². The normalized spacial score (nSPS) is 21.6. The molecule has 0 saturated carbocycles. The Labute approximate surface area is 123 Å². The highest BCUT2D eigenvalue weighted by atomic mass is 16.5. The van der Waals surface area contributed by atoms with Gasteiger partial charge in [0, 0.05) is 20.1 Å². The van der Waals surface area contributed by atoms with E-state index in [1.54, 1.807) is 43.4 Å². The van der Waals surface area contributed by atoms with Crippen molar-refractivity contribution >= 4 is 11.9 Å². The number of hydrogen-bond acceptors (Lipinski definition) is 4. The summed E-state index contributed by atoms with van der Waals surface area (Å²) in [4.78, 5) is 25.1. The predicted molar refractivity (Wildman–Crippen MR) is 75.1 cm³/mol. The largest absolute Gasteiger partial charge is 0.497 e. The number of carbonyl (C=O) groups is 2. The minimum Gasteiger partial charge on any atom is -0.497 e. The number of hydrogen-bond donors (Lipinski definition) is 1. The van der Waals surface area contributed by atoms with Crippen LogP contribution in [0.3, 0.4) is 0 Å². The molecular formula is C15H19NO5. The molecule has 2 atom stereocenters. The quantitative estimate of drug-likeness (QED) is 0.856. The van der Waals surface area contributed by atoms with Gasteiger partial charge in [0.1, 0.15) is 5.75 Å². The van der Waals surface area contributed by atoms with Gasteiger partial charge >= 0.3 is 5.97 Å². The third-order valence-corrected chi connectivity index (χ3v) is 3.74. The SMILES string of the molecule is COCCN1C(=O)CC(C(=O)O)C1c1ccc(OC)cc1. The zero-order valence-corrected chi connectivity index (χ0v) is 12.1. The molecule has 1 aliphatic rings. The highest BCUT2D eigenvalue weighted by Crippen LogP contribution is 2.38. The molecular weight excluding hydrogens is 274 g/mol. The molecule has 0 bridgehead atoms. The van der Waals surface area contributed by atoms with Crippen molar-refractivity contribution in [3.8, 4) is 5.75 Å². The fraction of sp³-hybridized carbons (Fsp3) is 0.467. The van der Waals surface area contributed by atoms with E-state index in [9.17, 15) is 14.7 Å². The van der Waals surface area contributed by atoms with Crippen LogP contribution in [0, 0.1) is 5.92 Å². The molecule has 2 unspecified atom stereocenters. The highest BCUT2D eigenvalue weighted by Gasteiger charge is 2.44. The van der Waals surface area contributed by atoms with Gasteiger partial charge in [0.05, 0.1) is 25.7 Å². The monoisotopic (exact) mass is 293 g/mol. The van der Waals surface area contributed by atoms with Gasteiger partial charge in [-0.15, -0.1) is 0 Å². The Bertz CT molecular complexity index is 513. The second-order valence-electron chi connectivity index (χ2n) is 4.95. The predicted octanol–water partition coefficient (Wildman–Crippen LogP) is 1.32. The summed E-state index contributed by atoms with van der Waals surface area (Å²) in [5.41, 5.74) is 0.796. The lowest BCUT2D eigenvalue weighted by atomic mass is 9.93. The molecule has 1 fully saturated rings. The molecule has 6 heteroatoms. The molecule has 1 heterocycles. The van der Waals surface area contributed by atoms with Crippen LogP contribution in [-0.4, -0.2) is 49.3 Å². The fourth-order valence-corrected chi connectivity index (χ4v) is 2.68. The van der Waals surface area contributed by atoms with Crippen molar-refractivity contribution in [3.63, 3.8) is 0 Å². The van der Waals surface area contributed by atoms with Gasteiger partial charge in [0.15, 0.2) is 0 Å². The summed E-state index contributed by atoms with van der Waals surface area (Å²) in [7, 11) is 3.12. The molecule has 1 amide bonds. The molecule has 1 saturated heterocycles. The van der Waals surface area contributed by atoms with Gasteiger partial charge in [-0.1, -0.05) is 12.1 Å². The average molecular weight is 293 g/mol. The first-order chi connectivity index (χ1) is 10.1. The van der Waals surface area contributed by atoms with E-state index in [0.717, 1.165) is 5.56 Å². The second kappa shape index (κ2) is 6.58. The summed E-state index contributed by atoms with van der Waals surface area (Å²) in [6, 6.07) is 6.68. The Morgan fingerprint density at radius 3 is 2.52 bits per heavy atom. The smallest absolute Gasteiger partial charge is 0.309 e. The zero-order valence-electron chi connectivity index (χ0n) is 12.1. The topological polar surface area (TPSA) is 76.1 Å². The average Bonchev–Trinajstić information content (AvgIpc) is 2.82. The molecule has 1 N–H and O–H groups in total. The molecule has 0 spiro atoms. The molecule has 6 nitrogen and oxygen atoms in total. The minimum atomic E-state index is -0.955. The van der Waals surface area contributed by atoms with Crippen LogP contribution in [0.5, 0.6) is 5.75 Å². The molecule has 1 aromatic carbocycles. The van der Waals surface area contributed by atoms with Crippen LogP contribution in [0.4, 0.5) is 0 Å². The van der Waals surface area contributed by atoms with Gasteiger partial charge in [-0.3, -0.25) is 9.59 Å². The number of benzene rings is 1. The molecule has 114 valence electrons. The van der Waals surface area contributed by atoms with Gasteiger partial charge in [-0.2, -0.15) is 0 Å². The van der Waals surface area contributed by atoms with Crippen molar-refractivity contribution < 1.29 is 24.2 Å². The third-order valence-electron chi connectivity index (χ3n) is 3.74. The number of aliphatic carboxylic acids is 1. The summed E-state index contributed by atoms with van der Waals surface area (Å²) in [5, 5.41) is 9.37. The number of carboxylic acids is 1. The van der Waals surface area contributed by atoms with Crippen molar-refractivity contribution in [2.45, 2.75) is 12.5 Å². The van der Waals surface area contributed by atoms with Gasteiger partial charge < -0.3 is 19.5 Å². The van der Waals surface area contributed by atoms with E-state index in [2.05, 4.69) is 0 Å². The Morgan fingerprint density at radius 2 is 2.00 bits per heavy atom. The van der Waals surface area contributed by atoms with Crippen LogP contribution < -0.4 is 4.74 Å². The Morgan fingerprint density at radius 1 is 1.33 bits per heavy atom. The Hall–Kier alpha value is -2.08. The first-order valence-electron chi connectivity index (χ1n) is 6.73. The number of carbonyl (C=O) groups excluding carboxylic acids is 1. The van der Waals surface area contributed by atoms with E-state index in [0.29, 0.717) is 18.9 Å². The number of likely N-dealkylation sites (tertiary alicyclic amines) is 1. The number of methoxy groups -OCH3 is 2. The molecule has 0 radical (unpaired) electrons. The molecule has 1 aromatic rings. The molecule has 2 rings (SSSR count). The molecule has 0 aliphatic carbocycles. The van der Waals surface area contributed by atoms with Crippen LogP contribution >= 0.6 is 0 Å². The number of ether oxygens (including phenoxy) is 2. The van der Waals surface area contributed by atoms with Gasteiger partial charge in [-0.25, -0.2) is 0 Å². The van der Waals surface area contributed by atoms with E-state index in [1.165, 1.54) is 0 Å². The standard InChI is InChI=1S/C15H19NO5/c1-20-8-7-16-13(17)9-12(15(18)19)14(16)10-3-5-11(21-2)6-4-10/h3-6,12,14H,7-9H2,1-2H3,(H,18,19). The number of amides is 1. The maximum absolute atomic E-state index is 12.1.